The molecule has 0 spiro atoms. The third kappa shape index (κ3) is 4.70. The lowest BCUT2D eigenvalue weighted by Crippen LogP contribution is -2.30. The highest BCUT2D eigenvalue weighted by Gasteiger charge is 2.21. The minimum Gasteiger partial charge on any atom is -0.490 e. The minimum absolute atomic E-state index is 0. The normalized spacial score (nSPS) is 19.3. The maximum atomic E-state index is 5.74. The lowest BCUT2D eigenvalue weighted by Gasteiger charge is -2.19. The van der Waals surface area contributed by atoms with E-state index in [1.165, 1.54) is 19.4 Å². The second-order valence-electron chi connectivity index (χ2n) is 4.29. The number of likely N-dealkylation sites (N-methyl/N-ethyl adjacent to an activating group) is 1. The van der Waals surface area contributed by atoms with Crippen LogP contribution in [0.5, 0.6) is 5.75 Å². The van der Waals surface area contributed by atoms with Crippen molar-refractivity contribution in [2.75, 3.05) is 20.2 Å². The minimum atomic E-state index is 0. The maximum Gasteiger partial charge on any atom is 0.137 e. The van der Waals surface area contributed by atoms with E-state index in [9.17, 15) is 0 Å². The molecular weight excluding hydrogens is 259 g/mol. The summed E-state index contributed by atoms with van der Waals surface area (Å²) in [5, 5.41) is 0. The van der Waals surface area contributed by atoms with Gasteiger partial charge in [-0.05, 0) is 45.0 Å². The molecule has 1 aromatic rings. The Morgan fingerprint density at radius 1 is 1.41 bits per heavy atom. The Labute approximate surface area is 115 Å². The highest BCUT2D eigenvalue weighted by Crippen LogP contribution is 2.17. The van der Waals surface area contributed by atoms with E-state index in [4.69, 9.17) is 4.74 Å². The maximum absolute atomic E-state index is 5.74. The smallest absolute Gasteiger partial charge is 0.137 e. The summed E-state index contributed by atoms with van der Waals surface area (Å²) in [6, 6.07) is 2.60. The zero-order valence-corrected chi connectivity index (χ0v) is 11.9. The van der Waals surface area contributed by atoms with Crippen LogP contribution in [0.15, 0.2) is 18.5 Å². The predicted octanol–water partition coefficient (Wildman–Crippen LogP) is 2.71. The first-order valence-corrected chi connectivity index (χ1v) is 5.50. The van der Waals surface area contributed by atoms with E-state index in [0.717, 1.165) is 17.9 Å². The van der Waals surface area contributed by atoms with E-state index in [1.54, 1.807) is 6.20 Å². The molecule has 0 radical (unpaired) electrons. The molecule has 0 aromatic carbocycles. The number of halogens is 2. The third-order valence-electron chi connectivity index (χ3n) is 2.96. The number of aromatic nitrogens is 1. The number of ether oxygens (including phenoxy) is 1. The van der Waals surface area contributed by atoms with Crippen LogP contribution in [-0.2, 0) is 0 Å². The van der Waals surface area contributed by atoms with Crippen molar-refractivity contribution in [2.24, 2.45) is 0 Å². The fraction of sp³-hybridized carbons (Fsp3) is 0.583. The third-order valence-corrected chi connectivity index (χ3v) is 2.96. The summed E-state index contributed by atoms with van der Waals surface area (Å²) >= 11 is 0. The van der Waals surface area contributed by atoms with Gasteiger partial charge in [-0.3, -0.25) is 4.98 Å². The number of nitrogens with zero attached hydrogens (tertiary/aromatic N) is 2. The summed E-state index contributed by atoms with van der Waals surface area (Å²) in [7, 11) is 2.16. The molecule has 0 amide bonds. The van der Waals surface area contributed by atoms with Gasteiger partial charge in [0.25, 0.3) is 0 Å². The first kappa shape index (κ1) is 16.5. The average Bonchev–Trinajstić information content (AvgIpc) is 2.61. The monoisotopic (exact) mass is 278 g/mol. The van der Waals surface area contributed by atoms with Gasteiger partial charge in [-0.1, -0.05) is 0 Å². The fourth-order valence-corrected chi connectivity index (χ4v) is 1.99. The van der Waals surface area contributed by atoms with Crippen LogP contribution >= 0.6 is 24.8 Å². The van der Waals surface area contributed by atoms with Crippen LogP contribution in [0.4, 0.5) is 0 Å². The molecule has 0 N–H and O–H groups in total. The molecule has 1 aliphatic heterocycles. The van der Waals surface area contributed by atoms with Crippen molar-refractivity contribution in [1.29, 1.82) is 0 Å². The van der Waals surface area contributed by atoms with Gasteiger partial charge >= 0.3 is 0 Å². The Kier molecular flexibility index (Phi) is 7.51. The Morgan fingerprint density at radius 2 is 2.18 bits per heavy atom. The van der Waals surface area contributed by atoms with Crippen LogP contribution in [0.2, 0.25) is 0 Å². The summed E-state index contributed by atoms with van der Waals surface area (Å²) in [5.41, 5.74) is 1.15. The molecule has 0 aliphatic carbocycles. The van der Waals surface area contributed by atoms with Crippen molar-refractivity contribution in [2.45, 2.75) is 25.8 Å². The van der Waals surface area contributed by atoms with Gasteiger partial charge in [0, 0.05) is 12.2 Å². The summed E-state index contributed by atoms with van der Waals surface area (Å²) in [4.78, 5) is 6.47. The van der Waals surface area contributed by atoms with Gasteiger partial charge in [0.1, 0.15) is 12.4 Å². The highest BCUT2D eigenvalue weighted by molar-refractivity contribution is 5.85. The van der Waals surface area contributed by atoms with Gasteiger partial charge in [-0.15, -0.1) is 24.8 Å². The predicted molar refractivity (Wildman–Crippen MR) is 74.6 cm³/mol. The Bertz CT molecular complexity index is 336. The molecule has 98 valence electrons. The summed E-state index contributed by atoms with van der Waals surface area (Å²) in [6.45, 7) is 4.00. The quantitative estimate of drug-likeness (QED) is 0.850. The second-order valence-corrected chi connectivity index (χ2v) is 4.29. The molecule has 1 aromatic heterocycles. The number of aryl methyl sites for hydroxylation is 1. The fourth-order valence-electron chi connectivity index (χ4n) is 1.99. The van der Waals surface area contributed by atoms with E-state index in [2.05, 4.69) is 16.9 Å². The SMILES string of the molecule is Cc1cncc(OC[C@@H]2CCCN2C)c1.Cl.Cl. The van der Waals surface area contributed by atoms with Crippen molar-refractivity contribution < 1.29 is 4.74 Å². The van der Waals surface area contributed by atoms with Gasteiger partial charge in [0.05, 0.1) is 6.20 Å². The lowest BCUT2D eigenvalue weighted by molar-refractivity contribution is 0.198. The molecule has 0 saturated carbocycles. The summed E-state index contributed by atoms with van der Waals surface area (Å²) < 4.78 is 5.74. The van der Waals surface area contributed by atoms with E-state index < -0.39 is 0 Å². The Morgan fingerprint density at radius 3 is 2.76 bits per heavy atom. The summed E-state index contributed by atoms with van der Waals surface area (Å²) in [6.07, 6.45) is 6.16. The molecule has 0 bridgehead atoms. The molecule has 1 fully saturated rings. The number of hydrogen-bond acceptors (Lipinski definition) is 3. The molecule has 17 heavy (non-hydrogen) atoms. The number of rotatable bonds is 3. The van der Waals surface area contributed by atoms with Crippen LogP contribution in [0.1, 0.15) is 18.4 Å². The van der Waals surface area contributed by atoms with Crippen LogP contribution in [0.3, 0.4) is 0 Å². The average molecular weight is 279 g/mol. The first-order chi connectivity index (χ1) is 7.25. The molecule has 0 unspecified atom stereocenters. The standard InChI is InChI=1S/C12H18N2O.2ClH/c1-10-6-12(8-13-7-10)15-9-11-4-3-5-14(11)2;;/h6-8,11H,3-5,9H2,1-2H3;2*1H/t11-;;/m0../s1. The van der Waals surface area contributed by atoms with Gasteiger partial charge in [0.15, 0.2) is 0 Å². The topological polar surface area (TPSA) is 25.4 Å². The van der Waals surface area contributed by atoms with Crippen LogP contribution in [0, 0.1) is 6.92 Å². The van der Waals surface area contributed by atoms with Gasteiger partial charge in [0.2, 0.25) is 0 Å². The lowest BCUT2D eigenvalue weighted by atomic mass is 10.2. The van der Waals surface area contributed by atoms with Gasteiger partial charge in [-0.2, -0.15) is 0 Å². The molecule has 2 heterocycles. The van der Waals surface area contributed by atoms with E-state index in [0.29, 0.717) is 6.04 Å². The number of likely N-dealkylation sites (tertiary alicyclic amines) is 1. The van der Waals surface area contributed by atoms with E-state index in [1.807, 2.05) is 19.2 Å². The molecule has 5 heteroatoms. The van der Waals surface area contributed by atoms with Gasteiger partial charge < -0.3 is 9.64 Å². The molecular formula is C12H20Cl2N2O. The largest absolute Gasteiger partial charge is 0.490 e. The molecule has 2 rings (SSSR count). The molecule has 3 nitrogen and oxygen atoms in total. The Hall–Kier alpha value is -0.510. The van der Waals surface area contributed by atoms with Crippen LogP contribution < -0.4 is 4.74 Å². The Balaban J connectivity index is 0.00000128. The second kappa shape index (κ2) is 7.75. The highest BCUT2D eigenvalue weighted by atomic mass is 35.5. The van der Waals surface area contributed by atoms with Crippen molar-refractivity contribution in [1.82, 2.24) is 9.88 Å². The number of pyridine rings is 1. The van der Waals surface area contributed by atoms with E-state index >= 15 is 0 Å². The van der Waals surface area contributed by atoms with Crippen molar-refractivity contribution >= 4 is 24.8 Å². The zero-order chi connectivity index (χ0) is 10.7. The zero-order valence-electron chi connectivity index (χ0n) is 10.3. The van der Waals surface area contributed by atoms with Crippen molar-refractivity contribution in [3.05, 3.63) is 24.0 Å². The van der Waals surface area contributed by atoms with E-state index in [-0.39, 0.29) is 24.8 Å². The first-order valence-electron chi connectivity index (χ1n) is 5.50. The van der Waals surface area contributed by atoms with Gasteiger partial charge in [-0.25, -0.2) is 0 Å². The molecule has 1 aliphatic rings. The number of hydrogen-bond donors (Lipinski definition) is 0. The van der Waals surface area contributed by atoms with Crippen molar-refractivity contribution in [3.63, 3.8) is 0 Å². The van der Waals surface area contributed by atoms with Crippen LogP contribution in [-0.4, -0.2) is 36.1 Å². The van der Waals surface area contributed by atoms with Crippen molar-refractivity contribution in [3.8, 4) is 5.75 Å². The summed E-state index contributed by atoms with van der Waals surface area (Å²) in [5.74, 6) is 0.885. The van der Waals surface area contributed by atoms with Crippen LogP contribution in [0.25, 0.3) is 0 Å². The molecule has 1 saturated heterocycles. The molecule has 1 atom stereocenters.